The normalized spacial score (nSPS) is 10.5. The van der Waals surface area contributed by atoms with Crippen LogP contribution in [0.2, 0.25) is 0 Å². The molecule has 0 bridgehead atoms. The van der Waals surface area contributed by atoms with Crippen LogP contribution in [-0.4, -0.2) is 15.2 Å². The van der Waals surface area contributed by atoms with Crippen LogP contribution in [0.4, 0.5) is 5.69 Å². The number of aromatic hydroxyl groups is 1. The van der Waals surface area contributed by atoms with E-state index in [1.54, 1.807) is 24.3 Å². The van der Waals surface area contributed by atoms with Crippen molar-refractivity contribution in [2.45, 2.75) is 6.54 Å². The lowest BCUT2D eigenvalue weighted by Crippen LogP contribution is -1.99. The first kappa shape index (κ1) is 13.6. The van der Waals surface area contributed by atoms with Gasteiger partial charge in [-0.1, -0.05) is 33.2 Å². The number of phenols is 1. The van der Waals surface area contributed by atoms with Gasteiger partial charge in [0.25, 0.3) is 0 Å². The third-order valence-electron chi connectivity index (χ3n) is 2.89. The maximum Gasteiger partial charge on any atom is 0.246 e. The lowest BCUT2D eigenvalue weighted by molar-refractivity contribution is 0.384. The summed E-state index contributed by atoms with van der Waals surface area (Å²) in [5.74, 6) is 1.27. The van der Waals surface area contributed by atoms with Gasteiger partial charge in [0.05, 0.1) is 6.54 Å². The lowest BCUT2D eigenvalue weighted by Gasteiger charge is -2.02. The Bertz CT molecular complexity index is 741. The molecule has 2 N–H and O–H groups in total. The molecule has 1 aromatic heterocycles. The fraction of sp³-hybridized carbons (Fsp3) is 0.0667. The van der Waals surface area contributed by atoms with Crippen LogP contribution in [-0.2, 0) is 6.54 Å². The lowest BCUT2D eigenvalue weighted by atomic mass is 10.2. The Morgan fingerprint density at radius 3 is 2.62 bits per heavy atom. The van der Waals surface area contributed by atoms with Gasteiger partial charge in [-0.15, -0.1) is 0 Å². The topological polar surface area (TPSA) is 71.2 Å². The molecule has 2 aromatic carbocycles. The largest absolute Gasteiger partial charge is 0.508 e. The molecule has 5 nitrogen and oxygen atoms in total. The van der Waals surface area contributed by atoms with E-state index in [4.69, 9.17) is 4.52 Å². The van der Waals surface area contributed by atoms with Crippen molar-refractivity contribution in [3.05, 3.63) is 58.9 Å². The Morgan fingerprint density at radius 1 is 1.10 bits per heavy atom. The van der Waals surface area contributed by atoms with Crippen LogP contribution in [0.3, 0.4) is 0 Å². The standard InChI is InChI=1S/C15H12BrN3O2/c16-13-4-2-1-3-12(13)15-18-14(21-19-15)9-17-10-5-7-11(20)8-6-10/h1-8,17,20H,9H2. The van der Waals surface area contributed by atoms with Gasteiger partial charge in [0.2, 0.25) is 11.7 Å². The van der Waals surface area contributed by atoms with Crippen molar-refractivity contribution in [3.8, 4) is 17.1 Å². The maximum atomic E-state index is 9.22. The summed E-state index contributed by atoms with van der Waals surface area (Å²) in [6, 6.07) is 14.5. The maximum absolute atomic E-state index is 9.22. The van der Waals surface area contributed by atoms with Crippen molar-refractivity contribution >= 4 is 21.6 Å². The number of hydrogen-bond acceptors (Lipinski definition) is 5. The number of phenolic OH excluding ortho intramolecular Hbond substituents is 1. The minimum Gasteiger partial charge on any atom is -0.508 e. The Kier molecular flexibility index (Phi) is 3.87. The van der Waals surface area contributed by atoms with Gasteiger partial charge in [-0.25, -0.2) is 0 Å². The zero-order valence-corrected chi connectivity index (χ0v) is 12.5. The van der Waals surface area contributed by atoms with Crippen LogP contribution in [0, 0.1) is 0 Å². The van der Waals surface area contributed by atoms with Crippen molar-refractivity contribution < 1.29 is 9.63 Å². The van der Waals surface area contributed by atoms with Crippen molar-refractivity contribution in [2.24, 2.45) is 0 Å². The number of aromatic nitrogens is 2. The van der Waals surface area contributed by atoms with Gasteiger partial charge < -0.3 is 14.9 Å². The number of rotatable bonds is 4. The van der Waals surface area contributed by atoms with E-state index in [1.807, 2.05) is 24.3 Å². The summed E-state index contributed by atoms with van der Waals surface area (Å²) in [5.41, 5.74) is 1.76. The Balaban J connectivity index is 1.71. The molecule has 0 saturated heterocycles. The second-order valence-corrected chi connectivity index (χ2v) is 5.25. The molecular formula is C15H12BrN3O2. The van der Waals surface area contributed by atoms with Crippen molar-refractivity contribution in [1.82, 2.24) is 10.1 Å². The van der Waals surface area contributed by atoms with E-state index in [9.17, 15) is 5.11 Å². The average molecular weight is 346 g/mol. The number of hydrogen-bond donors (Lipinski definition) is 2. The first-order valence-electron chi connectivity index (χ1n) is 6.33. The van der Waals surface area contributed by atoms with E-state index in [0.717, 1.165) is 15.7 Å². The second-order valence-electron chi connectivity index (χ2n) is 4.39. The van der Waals surface area contributed by atoms with Crippen molar-refractivity contribution in [1.29, 1.82) is 0 Å². The molecular weight excluding hydrogens is 334 g/mol. The highest BCUT2D eigenvalue weighted by Crippen LogP contribution is 2.25. The van der Waals surface area contributed by atoms with Crippen molar-refractivity contribution in [2.75, 3.05) is 5.32 Å². The van der Waals surface area contributed by atoms with E-state index in [0.29, 0.717) is 18.3 Å². The molecule has 0 aliphatic carbocycles. The third-order valence-corrected chi connectivity index (χ3v) is 3.59. The molecule has 0 amide bonds. The zero-order valence-electron chi connectivity index (χ0n) is 11.0. The molecule has 3 rings (SSSR count). The van der Waals surface area contributed by atoms with Gasteiger partial charge in [-0.2, -0.15) is 4.98 Å². The van der Waals surface area contributed by atoms with E-state index >= 15 is 0 Å². The monoisotopic (exact) mass is 345 g/mol. The van der Waals surface area contributed by atoms with Gasteiger partial charge in [0.1, 0.15) is 5.75 Å². The summed E-state index contributed by atoms with van der Waals surface area (Å²) >= 11 is 3.46. The van der Waals surface area contributed by atoms with Crippen LogP contribution in [0.5, 0.6) is 5.75 Å². The zero-order chi connectivity index (χ0) is 14.7. The summed E-state index contributed by atoms with van der Waals surface area (Å²) in [6.45, 7) is 0.419. The Hall–Kier alpha value is -2.34. The predicted molar refractivity (Wildman–Crippen MR) is 82.9 cm³/mol. The smallest absolute Gasteiger partial charge is 0.246 e. The fourth-order valence-electron chi connectivity index (χ4n) is 1.84. The minimum absolute atomic E-state index is 0.231. The van der Waals surface area contributed by atoms with Gasteiger partial charge in [0.15, 0.2) is 0 Å². The van der Waals surface area contributed by atoms with Crippen LogP contribution in [0.25, 0.3) is 11.4 Å². The summed E-state index contributed by atoms with van der Waals surface area (Å²) in [5, 5.41) is 16.4. The van der Waals surface area contributed by atoms with Crippen LogP contribution >= 0.6 is 15.9 Å². The Labute approximate surface area is 129 Å². The highest BCUT2D eigenvalue weighted by atomic mass is 79.9. The summed E-state index contributed by atoms with van der Waals surface area (Å²) in [7, 11) is 0. The molecule has 0 aliphatic rings. The Morgan fingerprint density at radius 2 is 1.86 bits per heavy atom. The quantitative estimate of drug-likeness (QED) is 0.703. The molecule has 1 heterocycles. The van der Waals surface area contributed by atoms with Gasteiger partial charge in [-0.05, 0) is 36.4 Å². The summed E-state index contributed by atoms with van der Waals surface area (Å²) in [6.07, 6.45) is 0. The number of benzene rings is 2. The predicted octanol–water partition coefficient (Wildman–Crippen LogP) is 3.82. The third kappa shape index (κ3) is 3.22. The molecule has 106 valence electrons. The molecule has 0 spiro atoms. The second kappa shape index (κ2) is 5.97. The molecule has 6 heteroatoms. The van der Waals surface area contributed by atoms with Crippen LogP contribution in [0.15, 0.2) is 57.5 Å². The molecule has 3 aromatic rings. The molecule has 0 unspecified atom stereocenters. The number of nitrogens with zero attached hydrogens (tertiary/aromatic N) is 2. The van der Waals surface area contributed by atoms with Gasteiger partial charge >= 0.3 is 0 Å². The summed E-state index contributed by atoms with van der Waals surface area (Å²) in [4.78, 5) is 4.35. The van der Waals surface area contributed by atoms with E-state index in [-0.39, 0.29) is 5.75 Å². The number of nitrogens with one attached hydrogen (secondary N) is 1. The molecule has 21 heavy (non-hydrogen) atoms. The van der Waals surface area contributed by atoms with Gasteiger partial charge in [-0.3, -0.25) is 0 Å². The molecule has 0 saturated carbocycles. The number of halogens is 1. The van der Waals surface area contributed by atoms with E-state index < -0.39 is 0 Å². The number of anilines is 1. The van der Waals surface area contributed by atoms with Crippen LogP contribution in [0.1, 0.15) is 5.89 Å². The molecule has 0 aliphatic heterocycles. The first-order valence-corrected chi connectivity index (χ1v) is 7.12. The first-order chi connectivity index (χ1) is 10.2. The van der Waals surface area contributed by atoms with E-state index in [2.05, 4.69) is 31.4 Å². The highest BCUT2D eigenvalue weighted by molar-refractivity contribution is 9.10. The molecule has 0 fully saturated rings. The SMILES string of the molecule is Oc1ccc(NCc2nc(-c3ccccc3Br)no2)cc1. The fourth-order valence-corrected chi connectivity index (χ4v) is 2.30. The molecule has 0 atom stereocenters. The van der Waals surface area contributed by atoms with Gasteiger partial charge in [0, 0.05) is 15.7 Å². The molecule has 0 radical (unpaired) electrons. The highest BCUT2D eigenvalue weighted by Gasteiger charge is 2.10. The summed E-state index contributed by atoms with van der Waals surface area (Å²) < 4.78 is 6.15. The average Bonchev–Trinajstić information content (AvgIpc) is 2.96. The van der Waals surface area contributed by atoms with E-state index in [1.165, 1.54) is 0 Å². The van der Waals surface area contributed by atoms with Crippen LogP contribution < -0.4 is 5.32 Å². The minimum atomic E-state index is 0.231. The van der Waals surface area contributed by atoms with Crippen molar-refractivity contribution in [3.63, 3.8) is 0 Å².